The van der Waals surface area contributed by atoms with Gasteiger partial charge in [0.15, 0.2) is 0 Å². The lowest BCUT2D eigenvalue weighted by atomic mass is 10.2. The Morgan fingerprint density at radius 3 is 2.86 bits per heavy atom. The minimum Gasteiger partial charge on any atom is -0.396 e. The maximum atomic E-state index is 6.08. The highest BCUT2D eigenvalue weighted by Crippen LogP contribution is 2.32. The number of nitrogens with two attached hydrogens (primary N) is 1. The van der Waals surface area contributed by atoms with Crippen LogP contribution in [0.15, 0.2) is 22.8 Å². The number of hydrogen-bond donors (Lipinski definition) is 1. The zero-order valence-electron chi connectivity index (χ0n) is 6.89. The van der Waals surface area contributed by atoms with Gasteiger partial charge in [0.25, 0.3) is 0 Å². The summed E-state index contributed by atoms with van der Waals surface area (Å²) >= 11 is 11.7. The number of fused-ring (bicyclic) bond motifs is 1. The van der Waals surface area contributed by atoms with Crippen molar-refractivity contribution in [3.63, 3.8) is 0 Å². The van der Waals surface area contributed by atoms with Crippen LogP contribution in [-0.2, 0) is 0 Å². The van der Waals surface area contributed by atoms with E-state index in [4.69, 9.17) is 17.3 Å². The highest BCUT2D eigenvalue weighted by Gasteiger charge is 2.07. The van der Waals surface area contributed by atoms with Gasteiger partial charge in [-0.1, -0.05) is 11.6 Å². The first-order chi connectivity index (χ1) is 6.59. The molecular weight excluding hydrogens is 378 g/mol. The zero-order chi connectivity index (χ0) is 10.3. The molecule has 1 aromatic carbocycles. The van der Waals surface area contributed by atoms with Crippen molar-refractivity contribution in [3.05, 3.63) is 31.4 Å². The van der Waals surface area contributed by atoms with Crippen LogP contribution < -0.4 is 5.73 Å². The largest absolute Gasteiger partial charge is 0.396 e. The van der Waals surface area contributed by atoms with Gasteiger partial charge in [-0.2, -0.15) is 0 Å². The lowest BCUT2D eigenvalue weighted by molar-refractivity contribution is 1.40. The second-order valence-corrected chi connectivity index (χ2v) is 5.29. The molecule has 0 saturated carbocycles. The molecule has 0 spiro atoms. The maximum Gasteiger partial charge on any atom is 0.0861 e. The summed E-state index contributed by atoms with van der Waals surface area (Å²) in [4.78, 5) is 4.22. The molecule has 2 N–H and O–H groups in total. The van der Waals surface area contributed by atoms with Crippen LogP contribution in [0, 0.1) is 3.57 Å². The predicted octanol–water partition coefficient (Wildman–Crippen LogP) is 3.84. The van der Waals surface area contributed by atoms with Crippen LogP contribution in [0.4, 0.5) is 5.69 Å². The van der Waals surface area contributed by atoms with Crippen LogP contribution >= 0.6 is 50.1 Å². The highest BCUT2D eigenvalue weighted by molar-refractivity contribution is 14.1. The molecule has 0 bridgehead atoms. The van der Waals surface area contributed by atoms with Crippen molar-refractivity contribution in [3.8, 4) is 0 Å². The molecule has 0 aliphatic rings. The Hall–Kier alpha value is -0.0700. The molecule has 0 aliphatic carbocycles. The summed E-state index contributed by atoms with van der Waals surface area (Å²) in [6, 6.07) is 3.95. The number of rotatable bonds is 0. The molecule has 0 radical (unpaired) electrons. The van der Waals surface area contributed by atoms with Gasteiger partial charge < -0.3 is 5.73 Å². The van der Waals surface area contributed by atoms with Gasteiger partial charge in [-0.25, -0.2) is 0 Å². The van der Waals surface area contributed by atoms with Crippen LogP contribution in [0.5, 0.6) is 0 Å². The normalized spacial score (nSPS) is 10.8. The highest BCUT2D eigenvalue weighted by atomic mass is 127. The number of benzene rings is 1. The second kappa shape index (κ2) is 3.83. The third-order valence-electron chi connectivity index (χ3n) is 1.85. The Morgan fingerprint density at radius 1 is 1.43 bits per heavy atom. The van der Waals surface area contributed by atoms with E-state index in [0.29, 0.717) is 10.7 Å². The van der Waals surface area contributed by atoms with Gasteiger partial charge in [0.05, 0.1) is 22.4 Å². The average molecular weight is 383 g/mol. The first-order valence-electron chi connectivity index (χ1n) is 3.78. The van der Waals surface area contributed by atoms with Crippen molar-refractivity contribution in [2.24, 2.45) is 0 Å². The minimum absolute atomic E-state index is 0.507. The molecule has 0 unspecified atom stereocenters. The van der Waals surface area contributed by atoms with E-state index in [1.54, 1.807) is 6.20 Å². The van der Waals surface area contributed by atoms with E-state index < -0.39 is 0 Å². The third kappa shape index (κ3) is 1.70. The van der Waals surface area contributed by atoms with Crippen LogP contribution in [0.3, 0.4) is 0 Å². The van der Waals surface area contributed by atoms with Crippen molar-refractivity contribution in [1.29, 1.82) is 0 Å². The second-order valence-electron chi connectivity index (χ2n) is 2.81. The quantitative estimate of drug-likeness (QED) is 0.702. The van der Waals surface area contributed by atoms with Crippen molar-refractivity contribution < 1.29 is 0 Å². The van der Waals surface area contributed by atoms with E-state index in [9.17, 15) is 0 Å². The van der Waals surface area contributed by atoms with Gasteiger partial charge in [-0.05, 0) is 50.7 Å². The number of anilines is 1. The summed E-state index contributed by atoms with van der Waals surface area (Å²) in [5.41, 5.74) is 7.02. The molecular formula is C9H5BrClIN2. The molecule has 2 nitrogen and oxygen atoms in total. The first-order valence-corrected chi connectivity index (χ1v) is 6.03. The molecule has 5 heteroatoms. The molecule has 2 aromatic rings. The fraction of sp³-hybridized carbons (Fsp3) is 0. The Bertz CT molecular complexity index is 516. The standard InChI is InChI=1S/C9H5BrClIN2/c10-6-2-4(12)1-5-8(11)7(13)3-14-9(5)6/h1-3H,13H2. The van der Waals surface area contributed by atoms with Gasteiger partial charge in [-0.3, -0.25) is 4.98 Å². The summed E-state index contributed by atoms with van der Waals surface area (Å²) in [5, 5.41) is 1.44. The number of pyridine rings is 1. The smallest absolute Gasteiger partial charge is 0.0861 e. The van der Waals surface area contributed by atoms with Gasteiger partial charge >= 0.3 is 0 Å². The predicted molar refractivity (Wildman–Crippen MR) is 71.6 cm³/mol. The van der Waals surface area contributed by atoms with Crippen LogP contribution in [0.2, 0.25) is 5.02 Å². The Kier molecular flexibility index (Phi) is 2.86. The fourth-order valence-corrected chi connectivity index (χ4v) is 3.02. The van der Waals surface area contributed by atoms with Crippen molar-refractivity contribution in [2.45, 2.75) is 0 Å². The number of hydrogen-bond acceptors (Lipinski definition) is 2. The monoisotopic (exact) mass is 382 g/mol. The van der Waals surface area contributed by atoms with Gasteiger partial charge in [0.2, 0.25) is 0 Å². The third-order valence-corrected chi connectivity index (χ3v) is 3.50. The molecule has 0 fully saturated rings. The number of aromatic nitrogens is 1. The van der Waals surface area contributed by atoms with Gasteiger partial charge in [0, 0.05) is 13.4 Å². The van der Waals surface area contributed by atoms with E-state index in [-0.39, 0.29) is 0 Å². The Morgan fingerprint density at radius 2 is 2.14 bits per heavy atom. The van der Waals surface area contributed by atoms with Crippen molar-refractivity contribution in [1.82, 2.24) is 4.98 Å². The number of nitrogens with zero attached hydrogens (tertiary/aromatic N) is 1. The molecule has 0 amide bonds. The van der Waals surface area contributed by atoms with E-state index >= 15 is 0 Å². The molecule has 1 aromatic heterocycles. The molecule has 72 valence electrons. The maximum absolute atomic E-state index is 6.08. The van der Waals surface area contributed by atoms with Crippen molar-refractivity contribution in [2.75, 3.05) is 5.73 Å². The Balaban J connectivity index is 2.95. The summed E-state index contributed by atoms with van der Waals surface area (Å²) in [7, 11) is 0. The molecule has 0 atom stereocenters. The number of nitrogen functional groups attached to an aromatic ring is 1. The molecule has 2 rings (SSSR count). The van der Waals surface area contributed by atoms with Gasteiger partial charge in [-0.15, -0.1) is 0 Å². The first kappa shape index (κ1) is 10.4. The summed E-state index contributed by atoms with van der Waals surface area (Å²) in [5.74, 6) is 0. The topological polar surface area (TPSA) is 38.9 Å². The van der Waals surface area contributed by atoms with Crippen LogP contribution in [0.25, 0.3) is 10.9 Å². The molecule has 1 heterocycles. The Labute approximate surface area is 108 Å². The summed E-state index contributed by atoms with van der Waals surface area (Å²) < 4.78 is 2.03. The van der Waals surface area contributed by atoms with Crippen molar-refractivity contribution >= 4 is 66.7 Å². The van der Waals surface area contributed by atoms with E-state index in [1.165, 1.54) is 0 Å². The van der Waals surface area contributed by atoms with Crippen LogP contribution in [-0.4, -0.2) is 4.98 Å². The SMILES string of the molecule is Nc1cnc2c(Br)cc(I)cc2c1Cl. The number of halogens is 3. The van der Waals surface area contributed by atoms with E-state index in [2.05, 4.69) is 43.5 Å². The van der Waals surface area contributed by atoms with Crippen LogP contribution in [0.1, 0.15) is 0 Å². The van der Waals surface area contributed by atoms with E-state index in [0.717, 1.165) is 18.9 Å². The lowest BCUT2D eigenvalue weighted by Crippen LogP contribution is -1.91. The molecule has 0 aliphatic heterocycles. The average Bonchev–Trinajstić information content (AvgIpc) is 2.12. The minimum atomic E-state index is 0.507. The molecule has 14 heavy (non-hydrogen) atoms. The lowest BCUT2D eigenvalue weighted by Gasteiger charge is -2.05. The van der Waals surface area contributed by atoms with E-state index in [1.807, 2.05) is 12.1 Å². The molecule has 0 saturated heterocycles. The zero-order valence-corrected chi connectivity index (χ0v) is 11.4. The van der Waals surface area contributed by atoms with Gasteiger partial charge in [0.1, 0.15) is 0 Å². The summed E-state index contributed by atoms with van der Waals surface area (Å²) in [6.07, 6.45) is 1.57. The summed E-state index contributed by atoms with van der Waals surface area (Å²) in [6.45, 7) is 0. The fourth-order valence-electron chi connectivity index (χ4n) is 1.21.